The molecule has 4 aromatic heterocycles. The fraction of sp³-hybridized carbons (Fsp3) is 0.0526. The average Bonchev–Trinajstić information content (AvgIpc) is 3.44. The molecular weight excluding hydrogens is 414 g/mol. The second-order valence-corrected chi connectivity index (χ2v) is 8.21. The topological polar surface area (TPSA) is 69.6 Å². The lowest BCUT2D eigenvalue weighted by atomic mass is 10.1. The lowest BCUT2D eigenvalue weighted by Gasteiger charge is -2.05. The van der Waals surface area contributed by atoms with Crippen LogP contribution in [0.4, 0.5) is 0 Å². The molecule has 0 fully saturated rings. The maximum atomic E-state index is 6.04. The first-order chi connectivity index (χ1) is 13.7. The highest BCUT2D eigenvalue weighted by Gasteiger charge is 2.18. The average molecular weight is 426 g/mol. The Morgan fingerprint density at radius 2 is 1.96 bits per heavy atom. The van der Waals surface area contributed by atoms with E-state index in [2.05, 4.69) is 25.5 Å². The van der Waals surface area contributed by atoms with Gasteiger partial charge in [0, 0.05) is 23.0 Å². The molecule has 1 aromatic carbocycles. The van der Waals surface area contributed by atoms with Crippen molar-refractivity contribution in [3.05, 3.63) is 59.4 Å². The number of hydrogen-bond donors (Lipinski definition) is 0. The van der Waals surface area contributed by atoms with Gasteiger partial charge in [0.15, 0.2) is 16.7 Å². The quantitative estimate of drug-likeness (QED) is 0.351. The Hall–Kier alpha value is -2.68. The molecule has 0 atom stereocenters. The van der Waals surface area contributed by atoms with E-state index in [1.54, 1.807) is 23.9 Å². The zero-order valence-corrected chi connectivity index (χ0v) is 16.9. The molecule has 0 aliphatic heterocycles. The number of nitrogens with zero attached hydrogens (tertiary/aromatic N) is 5. The molecule has 5 aromatic rings. The third-order valence-electron chi connectivity index (χ3n) is 4.26. The second-order valence-electron chi connectivity index (χ2n) is 5.96. The molecule has 0 spiro atoms. The van der Waals surface area contributed by atoms with Gasteiger partial charge in [-0.3, -0.25) is 0 Å². The van der Waals surface area contributed by atoms with E-state index >= 15 is 0 Å². The Morgan fingerprint density at radius 3 is 2.75 bits per heavy atom. The van der Waals surface area contributed by atoms with Gasteiger partial charge in [-0.1, -0.05) is 23.7 Å². The molecule has 4 heterocycles. The molecule has 0 saturated carbocycles. The molecule has 6 nitrogen and oxygen atoms in total. The minimum absolute atomic E-state index is 0.668. The Balaban J connectivity index is 1.59. The summed E-state index contributed by atoms with van der Waals surface area (Å²) in [5.41, 5.74) is 2.15. The summed E-state index contributed by atoms with van der Waals surface area (Å²) < 4.78 is 7.34. The second kappa shape index (κ2) is 7.05. The fourth-order valence-corrected chi connectivity index (χ4v) is 4.87. The predicted molar refractivity (Wildman–Crippen MR) is 111 cm³/mol. The van der Waals surface area contributed by atoms with E-state index in [0.29, 0.717) is 16.6 Å². The molecule has 0 bridgehead atoms. The zero-order chi connectivity index (χ0) is 19.1. The van der Waals surface area contributed by atoms with Gasteiger partial charge >= 0.3 is 0 Å². The summed E-state index contributed by atoms with van der Waals surface area (Å²) in [5.74, 6) is 1.34. The van der Waals surface area contributed by atoms with Gasteiger partial charge in [-0.2, -0.15) is 0 Å². The number of rotatable bonds is 4. The molecule has 0 saturated heterocycles. The van der Waals surface area contributed by atoms with Crippen LogP contribution in [0.1, 0.15) is 0 Å². The summed E-state index contributed by atoms with van der Waals surface area (Å²) in [4.78, 5) is 9.87. The number of thiophene rings is 1. The molecule has 5 rings (SSSR count). The van der Waals surface area contributed by atoms with E-state index in [4.69, 9.17) is 16.0 Å². The van der Waals surface area contributed by atoms with Crippen LogP contribution < -0.4 is 0 Å². The number of aromatic nitrogens is 5. The van der Waals surface area contributed by atoms with E-state index in [1.165, 1.54) is 11.8 Å². The first-order valence-electron chi connectivity index (χ1n) is 8.30. The molecule has 0 aliphatic carbocycles. The van der Waals surface area contributed by atoms with Crippen LogP contribution in [-0.2, 0) is 7.05 Å². The van der Waals surface area contributed by atoms with Crippen molar-refractivity contribution in [1.29, 1.82) is 0 Å². The Kier molecular flexibility index (Phi) is 4.38. The smallest absolute Gasteiger partial charge is 0.200 e. The van der Waals surface area contributed by atoms with Crippen LogP contribution in [0.2, 0.25) is 5.02 Å². The van der Waals surface area contributed by atoms with Gasteiger partial charge in [0.2, 0.25) is 0 Å². The van der Waals surface area contributed by atoms with Gasteiger partial charge in [-0.25, -0.2) is 9.97 Å². The molecule has 0 aliphatic rings. The fourth-order valence-electron chi connectivity index (χ4n) is 2.88. The molecule has 0 N–H and O–H groups in total. The van der Waals surface area contributed by atoms with Crippen molar-refractivity contribution >= 4 is 44.9 Å². The standard InChI is InChI=1S/C19H12ClN5OS2/c1-25-16(14-3-2-8-26-14)23-24-19(25)28-18-15-13(9-27-17(15)21-10-22-18)11-4-6-12(20)7-5-11/h2-10H,1H3. The normalized spacial score (nSPS) is 11.4. The SMILES string of the molecule is Cn1c(Sc2ncnc3scc(-c4ccc(Cl)cc4)c23)nnc1-c1ccco1. The number of hydrogen-bond acceptors (Lipinski definition) is 7. The summed E-state index contributed by atoms with van der Waals surface area (Å²) in [6.07, 6.45) is 3.20. The Morgan fingerprint density at radius 1 is 1.11 bits per heavy atom. The summed E-state index contributed by atoms with van der Waals surface area (Å²) in [5, 5.41) is 13.9. The molecule has 0 radical (unpaired) electrons. The number of furan rings is 1. The zero-order valence-electron chi connectivity index (χ0n) is 14.5. The summed E-state index contributed by atoms with van der Waals surface area (Å²) in [6, 6.07) is 11.5. The molecule has 28 heavy (non-hydrogen) atoms. The van der Waals surface area contributed by atoms with E-state index < -0.39 is 0 Å². The van der Waals surface area contributed by atoms with Crippen molar-refractivity contribution in [1.82, 2.24) is 24.7 Å². The van der Waals surface area contributed by atoms with Crippen LogP contribution in [0.15, 0.2) is 69.0 Å². The van der Waals surface area contributed by atoms with Crippen LogP contribution in [0.3, 0.4) is 0 Å². The monoisotopic (exact) mass is 425 g/mol. The van der Waals surface area contributed by atoms with Gasteiger partial charge in [0.1, 0.15) is 16.2 Å². The van der Waals surface area contributed by atoms with Crippen LogP contribution >= 0.6 is 34.7 Å². The Labute approximate surface area is 173 Å². The highest BCUT2D eigenvalue weighted by atomic mass is 35.5. The van der Waals surface area contributed by atoms with Crippen molar-refractivity contribution in [2.45, 2.75) is 10.2 Å². The van der Waals surface area contributed by atoms with E-state index in [0.717, 1.165) is 31.5 Å². The minimum atomic E-state index is 0.668. The molecule has 9 heteroatoms. The lowest BCUT2D eigenvalue weighted by molar-refractivity contribution is 0.572. The lowest BCUT2D eigenvalue weighted by Crippen LogP contribution is -1.95. The summed E-state index contributed by atoms with van der Waals surface area (Å²) in [6.45, 7) is 0. The van der Waals surface area contributed by atoms with Crippen molar-refractivity contribution in [2.75, 3.05) is 0 Å². The molecule has 0 amide bonds. The van der Waals surface area contributed by atoms with Crippen molar-refractivity contribution in [3.8, 4) is 22.7 Å². The van der Waals surface area contributed by atoms with E-state index in [-0.39, 0.29) is 0 Å². The highest BCUT2D eigenvalue weighted by molar-refractivity contribution is 7.99. The third-order valence-corrected chi connectivity index (χ3v) is 6.43. The minimum Gasteiger partial charge on any atom is -0.461 e. The number of fused-ring (bicyclic) bond motifs is 1. The van der Waals surface area contributed by atoms with Crippen LogP contribution in [0, 0.1) is 0 Å². The van der Waals surface area contributed by atoms with Gasteiger partial charge < -0.3 is 8.98 Å². The van der Waals surface area contributed by atoms with Crippen molar-refractivity contribution in [2.24, 2.45) is 7.05 Å². The summed E-state index contributed by atoms with van der Waals surface area (Å²) >= 11 is 9.09. The number of halogens is 1. The van der Waals surface area contributed by atoms with E-state index in [1.807, 2.05) is 48.0 Å². The largest absolute Gasteiger partial charge is 0.461 e. The number of benzene rings is 1. The molecule has 0 unspecified atom stereocenters. The highest BCUT2D eigenvalue weighted by Crippen LogP contribution is 2.40. The van der Waals surface area contributed by atoms with Crippen LogP contribution in [-0.4, -0.2) is 24.7 Å². The summed E-state index contributed by atoms with van der Waals surface area (Å²) in [7, 11) is 1.91. The van der Waals surface area contributed by atoms with Gasteiger partial charge in [-0.15, -0.1) is 21.5 Å². The van der Waals surface area contributed by atoms with Gasteiger partial charge in [0.25, 0.3) is 0 Å². The first kappa shape index (κ1) is 17.4. The third kappa shape index (κ3) is 2.99. The predicted octanol–water partition coefficient (Wildman–Crippen LogP) is 5.55. The van der Waals surface area contributed by atoms with Crippen LogP contribution in [0.25, 0.3) is 32.9 Å². The van der Waals surface area contributed by atoms with Gasteiger partial charge in [0.05, 0.1) is 11.6 Å². The van der Waals surface area contributed by atoms with Crippen molar-refractivity contribution < 1.29 is 4.42 Å². The first-order valence-corrected chi connectivity index (χ1v) is 10.4. The van der Waals surface area contributed by atoms with Gasteiger partial charge in [-0.05, 0) is 41.6 Å². The Bertz CT molecular complexity index is 1260. The maximum Gasteiger partial charge on any atom is 0.200 e. The molecular formula is C19H12ClN5OS2. The van der Waals surface area contributed by atoms with Crippen molar-refractivity contribution in [3.63, 3.8) is 0 Å². The maximum absolute atomic E-state index is 6.04. The van der Waals surface area contributed by atoms with E-state index in [9.17, 15) is 0 Å². The molecule has 138 valence electrons. The van der Waals surface area contributed by atoms with Crippen LogP contribution in [0.5, 0.6) is 0 Å².